The van der Waals surface area contributed by atoms with Crippen LogP contribution in [0.2, 0.25) is 0 Å². The van der Waals surface area contributed by atoms with E-state index < -0.39 is 18.4 Å². The van der Waals surface area contributed by atoms with Gasteiger partial charge in [-0.1, -0.05) is 7.43 Å². The molecule has 15 heteroatoms. The minimum atomic E-state index is -1.00. The summed E-state index contributed by atoms with van der Waals surface area (Å²) in [5, 5.41) is 10.1. The standard InChI is InChI=1S/C12H17BrN2O2S.C12H18N2O2S.CH3F.CH4.BHNS/c1-12(2,3)17-11(16)15-8-4-7(5-8)10-14-6-9(13)18-10;1-12(2,3)16-11(15)14-9-6-8(7-9)10-13-4-5-17-10;1-2;;1-2-3/h6-8H,4-5H2,1-3H3,(H,15,16);4-5,8-9H,6-7H2,1-3H3,(H,14,15);1H3;1H4;3H/i;;1D;;. The number of nitrogens with one attached hydrogen (secondary N) is 2. The minimum absolute atomic E-state index is 0. The molecule has 1 radical (unpaired) electrons. The number of amides is 2. The number of alkyl halides is 1. The van der Waals surface area contributed by atoms with Gasteiger partial charge >= 0.3 is 36.9 Å². The van der Waals surface area contributed by atoms with Crippen molar-refractivity contribution in [3.63, 3.8) is 0 Å². The van der Waals surface area contributed by atoms with Gasteiger partial charge in [0.2, 0.25) is 0 Å². The van der Waals surface area contributed by atoms with Gasteiger partial charge in [0.1, 0.15) is 11.2 Å². The summed E-state index contributed by atoms with van der Waals surface area (Å²) in [5.41, 5.74) is -0.865. The number of aromatic nitrogens is 2. The van der Waals surface area contributed by atoms with E-state index in [1.165, 1.54) is 5.01 Å². The summed E-state index contributed by atoms with van der Waals surface area (Å²) >= 11 is 9.95. The second kappa shape index (κ2) is 18.9. The molecule has 2 N–H and O–H groups in total. The summed E-state index contributed by atoms with van der Waals surface area (Å²) < 4.78 is 29.7. The zero-order valence-electron chi connectivity index (χ0n) is 24.6. The molecule has 4 rings (SSSR count). The predicted octanol–water partition coefficient (Wildman–Crippen LogP) is 8.00. The normalized spacial score (nSPS) is 20.9. The number of halogens is 2. The summed E-state index contributed by atoms with van der Waals surface area (Å²) in [6.07, 6.45) is 6.83. The summed E-state index contributed by atoms with van der Waals surface area (Å²) in [4.78, 5) is 31.7. The maximum atomic E-state index is 11.6. The topological polar surface area (TPSA) is 115 Å². The molecule has 2 heterocycles. The molecule has 2 aromatic rings. The molecule has 2 saturated carbocycles. The van der Waals surface area contributed by atoms with Crippen LogP contribution in [0.15, 0.2) is 25.9 Å². The molecular weight excluding hydrogens is 652 g/mol. The van der Waals surface area contributed by atoms with Gasteiger partial charge < -0.3 is 20.1 Å². The Morgan fingerprint density at radius 2 is 1.46 bits per heavy atom. The Bertz CT molecular complexity index is 1060. The van der Waals surface area contributed by atoms with Crippen molar-refractivity contribution in [2.75, 3.05) is 7.15 Å². The number of thiol groups is 1. The van der Waals surface area contributed by atoms with E-state index in [1.54, 1.807) is 22.7 Å². The van der Waals surface area contributed by atoms with Crippen molar-refractivity contribution in [2.24, 2.45) is 4.30 Å². The molecule has 2 aliphatic rings. The van der Waals surface area contributed by atoms with Gasteiger partial charge in [-0.15, -0.1) is 22.7 Å². The zero-order valence-corrected chi connectivity index (χ0v) is 27.8. The number of thiazole rings is 2. The number of hydrogen-bond acceptors (Lipinski definition) is 10. The predicted molar refractivity (Wildman–Crippen MR) is 173 cm³/mol. The van der Waals surface area contributed by atoms with Gasteiger partial charge in [-0.05, 0) is 83.2 Å². The van der Waals surface area contributed by atoms with Gasteiger partial charge in [0.05, 0.1) is 28.5 Å². The first-order valence-electron chi connectivity index (χ1n) is 13.2. The van der Waals surface area contributed by atoms with Crippen LogP contribution in [-0.4, -0.2) is 60.2 Å². The fraction of sp³-hybridized carbons (Fsp3) is 0.692. The van der Waals surface area contributed by atoms with Crippen LogP contribution in [0.4, 0.5) is 14.0 Å². The van der Waals surface area contributed by atoms with Gasteiger partial charge in [0.15, 0.2) is 0 Å². The molecule has 0 unspecified atom stereocenters. The molecule has 0 spiro atoms. The fourth-order valence-electron chi connectivity index (χ4n) is 3.71. The van der Waals surface area contributed by atoms with Crippen LogP contribution in [0.1, 0.15) is 97.9 Å². The van der Waals surface area contributed by atoms with Crippen LogP contribution in [-0.2, 0) is 9.47 Å². The molecule has 231 valence electrons. The Morgan fingerprint density at radius 1 is 1.05 bits per heavy atom. The van der Waals surface area contributed by atoms with Crippen LogP contribution < -0.4 is 10.6 Å². The fourth-order valence-corrected chi connectivity index (χ4v) is 5.85. The second-order valence-electron chi connectivity index (χ2n) is 11.0. The van der Waals surface area contributed by atoms with Crippen LogP contribution in [0.5, 0.6) is 0 Å². The molecule has 0 atom stereocenters. The molecule has 2 amide bonds. The van der Waals surface area contributed by atoms with E-state index in [9.17, 15) is 14.0 Å². The number of hydrogen-bond donors (Lipinski definition) is 3. The van der Waals surface area contributed by atoms with E-state index in [-0.39, 0.29) is 31.7 Å². The number of carbonyl (C=O) groups excluding carboxylic acids is 2. The SMILES string of the molecule is C.CC(C)(C)OC(=O)NC1CC(c2ncc(Br)s2)C1.CC(C)(C)OC(=O)NC1CC(c2nccs2)C1.[2H]CF.[B]=NS. The van der Waals surface area contributed by atoms with Crippen molar-refractivity contribution < 1.29 is 24.8 Å². The molecule has 0 aromatic carbocycles. The van der Waals surface area contributed by atoms with Crippen molar-refractivity contribution in [3.05, 3.63) is 31.6 Å². The molecule has 0 saturated heterocycles. The van der Waals surface area contributed by atoms with Crippen molar-refractivity contribution in [2.45, 2.75) is 110 Å². The Morgan fingerprint density at radius 3 is 1.78 bits per heavy atom. The average Bonchev–Trinajstić information content (AvgIpc) is 3.44. The molecule has 0 aliphatic heterocycles. The number of nitrogens with zero attached hydrogens (tertiary/aromatic N) is 3. The van der Waals surface area contributed by atoms with Crippen molar-refractivity contribution in [1.82, 2.24) is 20.6 Å². The molecular formula is C26H43BBrFN5O4S3. The molecule has 41 heavy (non-hydrogen) atoms. The van der Waals surface area contributed by atoms with Gasteiger partial charge in [-0.3, -0.25) is 4.39 Å². The number of rotatable bonds is 4. The molecule has 0 bridgehead atoms. The van der Waals surface area contributed by atoms with Crippen LogP contribution in [0.3, 0.4) is 0 Å². The van der Waals surface area contributed by atoms with Gasteiger partial charge in [0.25, 0.3) is 0 Å². The Hall–Kier alpha value is -1.58. The van der Waals surface area contributed by atoms with Crippen LogP contribution in [0, 0.1) is 0 Å². The quantitative estimate of drug-likeness (QED) is 0.221. The second-order valence-corrected chi connectivity index (χ2v) is 14.6. The third-order valence-electron chi connectivity index (χ3n) is 5.36. The third kappa shape index (κ3) is 16.0. The van der Waals surface area contributed by atoms with Gasteiger partial charge in [-0.2, -0.15) is 0 Å². The van der Waals surface area contributed by atoms with Crippen molar-refractivity contribution >= 4 is 71.2 Å². The van der Waals surface area contributed by atoms with E-state index in [2.05, 4.69) is 61.3 Å². The third-order valence-corrected chi connectivity index (χ3v) is 7.94. The van der Waals surface area contributed by atoms with E-state index in [0.29, 0.717) is 11.8 Å². The molecule has 2 aliphatic carbocycles. The molecule has 2 aromatic heterocycles. The monoisotopic (exact) mass is 695 g/mol. The summed E-state index contributed by atoms with van der Waals surface area (Å²) in [6, 6.07) is 0.450. The van der Waals surface area contributed by atoms with E-state index in [1.807, 2.05) is 59.3 Å². The first-order valence-corrected chi connectivity index (χ1v) is 15.4. The molecule has 2 fully saturated rings. The van der Waals surface area contributed by atoms with Crippen molar-refractivity contribution in [3.8, 4) is 0 Å². The van der Waals surface area contributed by atoms with Crippen LogP contribution >= 0.6 is 51.4 Å². The summed E-state index contributed by atoms with van der Waals surface area (Å²) in [7, 11) is 3.34. The number of ether oxygens (including phenoxy) is 2. The van der Waals surface area contributed by atoms with E-state index >= 15 is 0 Å². The zero-order chi connectivity index (χ0) is 31.2. The Balaban J connectivity index is 0.000000662. The van der Waals surface area contributed by atoms with Crippen molar-refractivity contribution in [1.29, 1.82) is 0 Å². The first-order chi connectivity index (χ1) is 19.1. The first kappa shape index (κ1) is 37.5. The Kier molecular flexibility index (Phi) is 17.2. The summed E-state index contributed by atoms with van der Waals surface area (Å²) in [5.74, 6) is 0.983. The van der Waals surface area contributed by atoms with Gasteiger partial charge in [-0.25, -0.2) is 19.6 Å². The number of alkyl carbamates (subject to hydrolysis) is 2. The number of carbonyl (C=O) groups is 2. The van der Waals surface area contributed by atoms with E-state index in [0.717, 1.165) is 34.5 Å². The summed E-state index contributed by atoms with van der Waals surface area (Å²) in [6.45, 7) is 11.2. The van der Waals surface area contributed by atoms with Gasteiger partial charge in [0, 0.05) is 35.5 Å². The average molecular weight is 697 g/mol. The molecule has 9 nitrogen and oxygen atoms in total. The van der Waals surface area contributed by atoms with Crippen LogP contribution in [0.25, 0.3) is 0 Å². The van der Waals surface area contributed by atoms with E-state index in [4.69, 9.17) is 10.8 Å². The maximum absolute atomic E-state index is 11.6. The Labute approximate surface area is 268 Å².